The largest absolute Gasteiger partial charge is 0.368 e. The maximum atomic E-state index is 3.33. The third kappa shape index (κ3) is 3.05. The number of rotatable bonds is 3. The third-order valence-electron chi connectivity index (χ3n) is 4.23. The molecule has 0 unspecified atom stereocenters. The smallest absolute Gasteiger partial charge is 0.0655 e. The minimum atomic E-state index is 1.04. The number of hydrogen-bond donors (Lipinski definition) is 1. The van der Waals surface area contributed by atoms with Crippen molar-refractivity contribution in [3.05, 3.63) is 54.0 Å². The molecule has 21 heavy (non-hydrogen) atoms. The maximum absolute atomic E-state index is 3.33. The Morgan fingerprint density at radius 1 is 1.10 bits per heavy atom. The van der Waals surface area contributed by atoms with E-state index in [1.807, 2.05) is 6.20 Å². The van der Waals surface area contributed by atoms with E-state index in [1.165, 1.54) is 16.9 Å². The minimum Gasteiger partial charge on any atom is -0.368 e. The van der Waals surface area contributed by atoms with Gasteiger partial charge in [-0.15, -0.1) is 0 Å². The van der Waals surface area contributed by atoms with E-state index in [4.69, 9.17) is 0 Å². The molecule has 4 nitrogen and oxygen atoms in total. The van der Waals surface area contributed by atoms with Gasteiger partial charge in [-0.25, -0.2) is 0 Å². The van der Waals surface area contributed by atoms with Gasteiger partial charge in [-0.3, -0.25) is 5.01 Å². The number of anilines is 1. The molecule has 1 aromatic rings. The van der Waals surface area contributed by atoms with Gasteiger partial charge in [-0.2, -0.15) is 0 Å². The first-order chi connectivity index (χ1) is 10.3. The van der Waals surface area contributed by atoms with Crippen molar-refractivity contribution in [1.29, 1.82) is 0 Å². The van der Waals surface area contributed by atoms with E-state index >= 15 is 0 Å². The lowest BCUT2D eigenvalue weighted by Crippen LogP contribution is -2.45. The van der Waals surface area contributed by atoms with E-state index in [-0.39, 0.29) is 0 Å². The van der Waals surface area contributed by atoms with Crippen LogP contribution in [-0.4, -0.2) is 43.0 Å². The topological polar surface area (TPSA) is 21.8 Å². The van der Waals surface area contributed by atoms with Gasteiger partial charge in [-0.05, 0) is 31.2 Å². The molecule has 2 aliphatic heterocycles. The fourth-order valence-corrected chi connectivity index (χ4v) is 2.85. The molecule has 0 aliphatic carbocycles. The molecule has 0 radical (unpaired) electrons. The van der Waals surface area contributed by atoms with Crippen LogP contribution in [0.25, 0.3) is 0 Å². The molecule has 3 rings (SSSR count). The SMILES string of the molecule is CCc1ccccc1N1C=C(N2CCN(C)CC2)C=CN1. The maximum Gasteiger partial charge on any atom is 0.0655 e. The molecular weight excluding hydrogens is 260 g/mol. The van der Waals surface area contributed by atoms with Gasteiger partial charge in [-0.1, -0.05) is 25.1 Å². The number of nitrogens with zero attached hydrogens (tertiary/aromatic N) is 3. The van der Waals surface area contributed by atoms with Gasteiger partial charge >= 0.3 is 0 Å². The molecule has 2 aliphatic rings. The summed E-state index contributed by atoms with van der Waals surface area (Å²) < 4.78 is 0. The van der Waals surface area contributed by atoms with Gasteiger partial charge in [0.1, 0.15) is 0 Å². The van der Waals surface area contributed by atoms with E-state index in [0.717, 1.165) is 32.6 Å². The van der Waals surface area contributed by atoms with Crippen LogP contribution in [0.5, 0.6) is 0 Å². The van der Waals surface area contributed by atoms with Crippen molar-refractivity contribution in [3.8, 4) is 0 Å². The van der Waals surface area contributed by atoms with Gasteiger partial charge in [0.15, 0.2) is 0 Å². The van der Waals surface area contributed by atoms with Gasteiger partial charge < -0.3 is 15.2 Å². The van der Waals surface area contributed by atoms with Crippen molar-refractivity contribution in [2.45, 2.75) is 13.3 Å². The molecule has 0 atom stereocenters. The highest BCUT2D eigenvalue weighted by atomic mass is 15.5. The number of allylic oxidation sites excluding steroid dienone is 1. The van der Waals surface area contributed by atoms with Crippen LogP contribution in [0.15, 0.2) is 48.4 Å². The summed E-state index contributed by atoms with van der Waals surface area (Å²) in [5, 5.41) is 2.13. The highest BCUT2D eigenvalue weighted by Crippen LogP contribution is 2.23. The first-order valence-electron chi connectivity index (χ1n) is 7.73. The third-order valence-corrected chi connectivity index (χ3v) is 4.23. The zero-order valence-electron chi connectivity index (χ0n) is 12.9. The summed E-state index contributed by atoms with van der Waals surface area (Å²) in [6, 6.07) is 8.56. The van der Waals surface area contributed by atoms with E-state index in [2.05, 4.69) is 70.7 Å². The fourth-order valence-electron chi connectivity index (χ4n) is 2.85. The molecule has 1 N–H and O–H groups in total. The number of hydrogen-bond acceptors (Lipinski definition) is 4. The van der Waals surface area contributed by atoms with Crippen molar-refractivity contribution in [2.24, 2.45) is 0 Å². The van der Waals surface area contributed by atoms with Gasteiger partial charge in [0.2, 0.25) is 0 Å². The number of nitrogens with one attached hydrogen (secondary N) is 1. The Balaban J connectivity index is 1.80. The molecule has 1 saturated heterocycles. The number of para-hydroxylation sites is 1. The predicted octanol–water partition coefficient (Wildman–Crippen LogP) is 2.18. The summed E-state index contributed by atoms with van der Waals surface area (Å²) in [4.78, 5) is 4.84. The average molecular weight is 284 g/mol. The highest BCUT2D eigenvalue weighted by Gasteiger charge is 2.18. The van der Waals surface area contributed by atoms with Crippen LogP contribution in [0.4, 0.5) is 5.69 Å². The number of hydrazine groups is 1. The zero-order valence-corrected chi connectivity index (χ0v) is 12.9. The van der Waals surface area contributed by atoms with Crippen LogP contribution in [-0.2, 0) is 6.42 Å². The zero-order chi connectivity index (χ0) is 14.7. The van der Waals surface area contributed by atoms with Crippen molar-refractivity contribution in [2.75, 3.05) is 38.2 Å². The van der Waals surface area contributed by atoms with Gasteiger partial charge in [0.05, 0.1) is 17.6 Å². The van der Waals surface area contributed by atoms with Crippen LogP contribution in [0.1, 0.15) is 12.5 Å². The Kier molecular flexibility index (Phi) is 4.15. The van der Waals surface area contributed by atoms with Crippen LogP contribution in [0.3, 0.4) is 0 Å². The normalized spacial score (nSPS) is 19.4. The Hall–Kier alpha value is -1.94. The molecule has 1 aromatic carbocycles. The standard InChI is InChI=1S/C17H24N4/c1-3-15-6-4-5-7-17(15)21-14-16(8-9-18-21)20-12-10-19(2)11-13-20/h4-9,14,18H,3,10-13H2,1-2H3. The van der Waals surface area contributed by atoms with Crippen molar-refractivity contribution in [1.82, 2.24) is 15.2 Å². The lowest BCUT2D eigenvalue weighted by molar-refractivity contribution is 0.189. The monoisotopic (exact) mass is 284 g/mol. The Bertz CT molecular complexity index is 541. The number of aryl methyl sites for hydroxylation is 1. The Morgan fingerprint density at radius 2 is 1.86 bits per heavy atom. The molecule has 4 heteroatoms. The minimum absolute atomic E-state index is 1.04. The number of benzene rings is 1. The summed E-state index contributed by atoms with van der Waals surface area (Å²) in [6.45, 7) is 6.64. The second-order valence-corrected chi connectivity index (χ2v) is 5.66. The summed E-state index contributed by atoms with van der Waals surface area (Å²) in [5.41, 5.74) is 7.20. The summed E-state index contributed by atoms with van der Waals surface area (Å²) in [6.07, 6.45) is 7.44. The van der Waals surface area contributed by atoms with E-state index < -0.39 is 0 Å². The summed E-state index contributed by atoms with van der Waals surface area (Å²) in [7, 11) is 2.19. The van der Waals surface area contributed by atoms with Crippen molar-refractivity contribution >= 4 is 5.69 Å². The second-order valence-electron chi connectivity index (χ2n) is 5.66. The molecule has 1 fully saturated rings. The van der Waals surface area contributed by atoms with Crippen molar-refractivity contribution < 1.29 is 0 Å². The lowest BCUT2D eigenvalue weighted by Gasteiger charge is -2.37. The fraction of sp³-hybridized carbons (Fsp3) is 0.412. The first-order valence-corrected chi connectivity index (χ1v) is 7.73. The Morgan fingerprint density at radius 3 is 2.62 bits per heavy atom. The number of piperazine rings is 1. The molecule has 0 spiro atoms. The van der Waals surface area contributed by atoms with Gasteiger partial charge in [0.25, 0.3) is 0 Å². The van der Waals surface area contributed by atoms with E-state index in [9.17, 15) is 0 Å². The second kappa shape index (κ2) is 6.22. The molecule has 2 heterocycles. The van der Waals surface area contributed by atoms with Crippen LogP contribution in [0, 0.1) is 0 Å². The van der Waals surface area contributed by atoms with Crippen LogP contribution in [0.2, 0.25) is 0 Å². The van der Waals surface area contributed by atoms with Crippen LogP contribution < -0.4 is 10.4 Å². The molecule has 0 aromatic heterocycles. The van der Waals surface area contributed by atoms with E-state index in [1.54, 1.807) is 0 Å². The summed E-state index contributed by atoms with van der Waals surface area (Å²) >= 11 is 0. The quantitative estimate of drug-likeness (QED) is 0.918. The average Bonchev–Trinajstić information content (AvgIpc) is 2.55. The van der Waals surface area contributed by atoms with Crippen molar-refractivity contribution in [3.63, 3.8) is 0 Å². The van der Waals surface area contributed by atoms with E-state index in [0.29, 0.717) is 0 Å². The lowest BCUT2D eigenvalue weighted by atomic mass is 10.1. The van der Waals surface area contributed by atoms with Crippen LogP contribution >= 0.6 is 0 Å². The molecule has 112 valence electrons. The number of likely N-dealkylation sites (N-methyl/N-ethyl adjacent to an activating group) is 1. The molecule has 0 saturated carbocycles. The molecular formula is C17H24N4. The summed E-state index contributed by atoms with van der Waals surface area (Å²) in [5.74, 6) is 0. The highest BCUT2D eigenvalue weighted by molar-refractivity contribution is 5.56. The van der Waals surface area contributed by atoms with Gasteiger partial charge in [0, 0.05) is 32.4 Å². The molecule has 0 bridgehead atoms. The molecule has 0 amide bonds. The first kappa shape index (κ1) is 14.0. The Labute approximate surface area is 127 Å². The predicted molar refractivity (Wildman–Crippen MR) is 87.7 cm³/mol.